The number of aromatic hydroxyl groups is 1. The van der Waals surface area contributed by atoms with Crippen molar-refractivity contribution in [3.05, 3.63) is 47.5 Å². The number of phenolic OH excluding ortho intramolecular Hbond substituents is 1. The Labute approximate surface area is 220 Å². The maximum atomic E-state index is 13.2. The third-order valence-corrected chi connectivity index (χ3v) is 9.48. The Morgan fingerprint density at radius 1 is 1.19 bits per heavy atom. The van der Waals surface area contributed by atoms with Gasteiger partial charge in [0.2, 0.25) is 0 Å². The van der Waals surface area contributed by atoms with Gasteiger partial charge in [0.25, 0.3) is 5.91 Å². The second-order valence-corrected chi connectivity index (χ2v) is 13.3. The molecule has 0 aromatic heterocycles. The molecule has 0 bridgehead atoms. The summed E-state index contributed by atoms with van der Waals surface area (Å²) in [6.07, 6.45) is 5.08. The van der Waals surface area contributed by atoms with Crippen molar-refractivity contribution in [3.63, 3.8) is 0 Å². The van der Waals surface area contributed by atoms with E-state index in [2.05, 4.69) is 33.0 Å². The van der Waals surface area contributed by atoms with Gasteiger partial charge in [0.05, 0.1) is 28.5 Å². The molecule has 4 atom stereocenters. The van der Waals surface area contributed by atoms with Gasteiger partial charge in [-0.15, -0.1) is 0 Å². The highest BCUT2D eigenvalue weighted by Crippen LogP contribution is 2.52. The zero-order chi connectivity index (χ0) is 27.0. The fourth-order valence-electron chi connectivity index (χ4n) is 5.49. The second kappa shape index (κ2) is 10.7. The number of hydrogen-bond acceptors (Lipinski definition) is 6. The highest BCUT2D eigenvalue weighted by atomic mass is 32.2. The van der Waals surface area contributed by atoms with E-state index in [1.165, 1.54) is 18.2 Å². The number of carbonyl (C=O) groups excluding carboxylic acids is 1. The average molecular weight is 530 g/mol. The van der Waals surface area contributed by atoms with Crippen LogP contribution >= 0.6 is 0 Å². The van der Waals surface area contributed by atoms with Gasteiger partial charge in [-0.05, 0) is 81.8 Å². The molecule has 0 aliphatic carbocycles. The number of carbonyl (C=O) groups is 1. The first-order valence-electron chi connectivity index (χ1n) is 13.3. The maximum Gasteiger partial charge on any atom is 0.255 e. The van der Waals surface area contributed by atoms with Gasteiger partial charge in [0.1, 0.15) is 17.1 Å². The SMILES string of the molecule is CCS(=O)(=O)c1ccc(O)c(NC(=O)c2ccc3c(c2)[C@@H]2O[C@H](C)CC[C@H]2[C@](C)(CCCC(C)C)O3)c1. The van der Waals surface area contributed by atoms with Gasteiger partial charge >= 0.3 is 0 Å². The molecule has 8 heteroatoms. The molecular formula is C29H39NO6S. The summed E-state index contributed by atoms with van der Waals surface area (Å²) in [5.41, 5.74) is 0.950. The normalized spacial score (nSPS) is 25.2. The summed E-state index contributed by atoms with van der Waals surface area (Å²) >= 11 is 0. The molecule has 2 aromatic rings. The lowest BCUT2D eigenvalue weighted by molar-refractivity contribution is -0.152. The van der Waals surface area contributed by atoms with Crippen LogP contribution in [0.5, 0.6) is 11.5 Å². The van der Waals surface area contributed by atoms with Crippen molar-refractivity contribution < 1.29 is 27.8 Å². The van der Waals surface area contributed by atoms with Crippen LogP contribution in [0.25, 0.3) is 0 Å². The summed E-state index contributed by atoms with van der Waals surface area (Å²) < 4.78 is 37.6. The van der Waals surface area contributed by atoms with Gasteiger partial charge < -0.3 is 19.9 Å². The molecule has 1 saturated heterocycles. The van der Waals surface area contributed by atoms with Crippen molar-refractivity contribution >= 4 is 21.4 Å². The van der Waals surface area contributed by atoms with Gasteiger partial charge in [-0.3, -0.25) is 4.79 Å². The molecule has 4 rings (SSSR count). The topological polar surface area (TPSA) is 102 Å². The van der Waals surface area contributed by atoms with Gasteiger partial charge in [-0.25, -0.2) is 8.42 Å². The van der Waals surface area contributed by atoms with Crippen molar-refractivity contribution in [1.82, 2.24) is 0 Å². The highest BCUT2D eigenvalue weighted by molar-refractivity contribution is 7.91. The van der Waals surface area contributed by atoms with E-state index >= 15 is 0 Å². The van der Waals surface area contributed by atoms with Crippen LogP contribution in [-0.2, 0) is 14.6 Å². The number of nitrogens with one attached hydrogen (secondary N) is 1. The lowest BCUT2D eigenvalue weighted by Crippen LogP contribution is -2.50. The lowest BCUT2D eigenvalue weighted by Gasteiger charge is -2.50. The number of sulfone groups is 1. The molecule has 2 N–H and O–H groups in total. The Morgan fingerprint density at radius 2 is 1.95 bits per heavy atom. The molecule has 2 heterocycles. The summed E-state index contributed by atoms with van der Waals surface area (Å²) in [6, 6.07) is 9.22. The quantitative estimate of drug-likeness (QED) is 0.391. The zero-order valence-electron chi connectivity index (χ0n) is 22.4. The first-order chi connectivity index (χ1) is 17.4. The van der Waals surface area contributed by atoms with Crippen LogP contribution in [0.4, 0.5) is 5.69 Å². The van der Waals surface area contributed by atoms with Crippen LogP contribution in [0.2, 0.25) is 0 Å². The van der Waals surface area contributed by atoms with Crippen LogP contribution in [-0.4, -0.2) is 36.9 Å². The van der Waals surface area contributed by atoms with E-state index in [4.69, 9.17) is 9.47 Å². The van der Waals surface area contributed by atoms with Crippen molar-refractivity contribution in [2.24, 2.45) is 11.8 Å². The molecule has 0 radical (unpaired) electrons. The van der Waals surface area contributed by atoms with Crippen molar-refractivity contribution in [1.29, 1.82) is 0 Å². The molecule has 2 aromatic carbocycles. The fraction of sp³-hybridized carbons (Fsp3) is 0.552. The molecule has 37 heavy (non-hydrogen) atoms. The summed E-state index contributed by atoms with van der Waals surface area (Å²) in [6.45, 7) is 10.3. The second-order valence-electron chi connectivity index (χ2n) is 11.0. The maximum absolute atomic E-state index is 13.2. The monoisotopic (exact) mass is 529 g/mol. The zero-order valence-corrected chi connectivity index (χ0v) is 23.2. The highest BCUT2D eigenvalue weighted by Gasteiger charge is 2.49. The number of rotatable bonds is 8. The lowest BCUT2D eigenvalue weighted by atomic mass is 9.72. The fourth-order valence-corrected chi connectivity index (χ4v) is 6.40. The molecule has 0 unspecified atom stereocenters. The van der Waals surface area contributed by atoms with Gasteiger partial charge in [0, 0.05) is 17.0 Å². The van der Waals surface area contributed by atoms with E-state index in [9.17, 15) is 18.3 Å². The van der Waals surface area contributed by atoms with Crippen molar-refractivity contribution in [3.8, 4) is 11.5 Å². The first-order valence-corrected chi connectivity index (χ1v) is 14.9. The molecule has 202 valence electrons. The predicted molar refractivity (Wildman–Crippen MR) is 144 cm³/mol. The Bertz CT molecular complexity index is 1260. The standard InChI is InChI=1S/C29H39NO6S/c1-6-37(33,34)21-11-13-25(31)24(17-21)30-28(32)20-10-14-26-22(16-20)27-23(12-9-19(4)35-27)29(5,36-26)15-7-8-18(2)3/h10-11,13-14,16-19,23,27,31H,6-9,12,15H2,1-5H3,(H,30,32)/t19-,23-,27+,29+/m1/s1. The number of benzene rings is 2. The van der Waals surface area contributed by atoms with E-state index in [-0.39, 0.29) is 45.8 Å². The number of fused-ring (bicyclic) bond motifs is 3. The molecule has 0 saturated carbocycles. The van der Waals surface area contributed by atoms with E-state index in [0.29, 0.717) is 11.5 Å². The Balaban J connectivity index is 1.62. The van der Waals surface area contributed by atoms with Crippen LogP contribution in [0.1, 0.15) is 88.7 Å². The summed E-state index contributed by atoms with van der Waals surface area (Å²) in [7, 11) is -3.49. The minimum absolute atomic E-state index is 0.0473. The van der Waals surface area contributed by atoms with E-state index < -0.39 is 15.7 Å². The number of anilines is 1. The van der Waals surface area contributed by atoms with Gasteiger partial charge in [0.15, 0.2) is 9.84 Å². The molecule has 1 amide bonds. The number of hydrogen-bond donors (Lipinski definition) is 2. The Kier molecular flexibility index (Phi) is 7.91. The Morgan fingerprint density at radius 3 is 2.65 bits per heavy atom. The van der Waals surface area contributed by atoms with E-state index in [0.717, 1.165) is 43.4 Å². The average Bonchev–Trinajstić information content (AvgIpc) is 2.84. The van der Waals surface area contributed by atoms with Gasteiger partial charge in [-0.2, -0.15) is 0 Å². The first kappa shape index (κ1) is 27.5. The molecule has 0 spiro atoms. The van der Waals surface area contributed by atoms with Gasteiger partial charge in [-0.1, -0.05) is 27.2 Å². The molecular weight excluding hydrogens is 490 g/mol. The molecule has 7 nitrogen and oxygen atoms in total. The summed E-state index contributed by atoms with van der Waals surface area (Å²) in [4.78, 5) is 13.2. The smallest absolute Gasteiger partial charge is 0.255 e. The van der Waals surface area contributed by atoms with Crippen molar-refractivity contribution in [2.45, 2.75) is 89.4 Å². The number of amides is 1. The predicted octanol–water partition coefficient (Wildman–Crippen LogP) is 6.27. The van der Waals surface area contributed by atoms with E-state index in [1.807, 2.05) is 6.07 Å². The van der Waals surface area contributed by atoms with E-state index in [1.54, 1.807) is 19.1 Å². The minimum Gasteiger partial charge on any atom is -0.506 e. The Hall–Kier alpha value is -2.58. The molecule has 2 aliphatic heterocycles. The number of phenols is 1. The largest absolute Gasteiger partial charge is 0.506 e. The van der Waals surface area contributed by atoms with Crippen LogP contribution < -0.4 is 10.1 Å². The van der Waals surface area contributed by atoms with Crippen molar-refractivity contribution in [2.75, 3.05) is 11.1 Å². The van der Waals surface area contributed by atoms with Crippen LogP contribution in [0.15, 0.2) is 41.3 Å². The van der Waals surface area contributed by atoms with Crippen LogP contribution in [0.3, 0.4) is 0 Å². The third-order valence-electron chi connectivity index (χ3n) is 7.74. The van der Waals surface area contributed by atoms with Crippen LogP contribution in [0, 0.1) is 11.8 Å². The molecule has 2 aliphatic rings. The number of ether oxygens (including phenoxy) is 2. The minimum atomic E-state index is -3.49. The third kappa shape index (κ3) is 5.80. The summed E-state index contributed by atoms with van der Waals surface area (Å²) in [5, 5.41) is 12.9. The summed E-state index contributed by atoms with van der Waals surface area (Å²) in [5.74, 6) is 0.828. The molecule has 1 fully saturated rings.